The summed E-state index contributed by atoms with van der Waals surface area (Å²) in [6.45, 7) is -0.0165. The maximum absolute atomic E-state index is 13.4. The van der Waals surface area contributed by atoms with E-state index in [1.807, 2.05) is 66.9 Å². The van der Waals surface area contributed by atoms with E-state index in [0.29, 0.717) is 23.9 Å². The third-order valence-corrected chi connectivity index (χ3v) is 8.06. The normalized spacial score (nSPS) is 13.5. The Morgan fingerprint density at radius 2 is 1.65 bits per heavy atom. The summed E-state index contributed by atoms with van der Waals surface area (Å²) in [5.74, 6) is 0.688. The molecule has 3 aromatic carbocycles. The van der Waals surface area contributed by atoms with Crippen molar-refractivity contribution in [1.29, 1.82) is 0 Å². The zero-order valence-electron chi connectivity index (χ0n) is 20.4. The smallest absolute Gasteiger partial charge is 0.243 e. The van der Waals surface area contributed by atoms with Crippen LogP contribution in [-0.2, 0) is 14.8 Å². The molecular weight excluding hydrogens is 488 g/mol. The first kappa shape index (κ1) is 24.7. The van der Waals surface area contributed by atoms with E-state index >= 15 is 0 Å². The van der Waals surface area contributed by atoms with Crippen molar-refractivity contribution in [1.82, 2.24) is 13.9 Å². The summed E-state index contributed by atoms with van der Waals surface area (Å²) in [6, 6.07) is 25.4. The highest BCUT2D eigenvalue weighted by molar-refractivity contribution is 7.89. The van der Waals surface area contributed by atoms with E-state index < -0.39 is 15.9 Å². The lowest BCUT2D eigenvalue weighted by atomic mass is 10.2. The number of ether oxygens (including phenoxy) is 1. The van der Waals surface area contributed by atoms with Crippen LogP contribution in [0.25, 0.3) is 16.9 Å². The van der Waals surface area contributed by atoms with Crippen LogP contribution < -0.4 is 10.1 Å². The van der Waals surface area contributed by atoms with Crippen LogP contribution in [0.1, 0.15) is 12.8 Å². The maximum Gasteiger partial charge on any atom is 0.243 e. The topological polar surface area (TPSA) is 93.5 Å². The Kier molecular flexibility index (Phi) is 7.07. The van der Waals surface area contributed by atoms with Gasteiger partial charge >= 0.3 is 0 Å². The minimum Gasteiger partial charge on any atom is -0.497 e. The van der Waals surface area contributed by atoms with Gasteiger partial charge in [-0.15, -0.1) is 0 Å². The molecule has 9 heteroatoms. The molecule has 0 unspecified atom stereocenters. The van der Waals surface area contributed by atoms with Gasteiger partial charge in [-0.3, -0.25) is 14.7 Å². The summed E-state index contributed by atoms with van der Waals surface area (Å²) in [6.07, 6.45) is 3.76. The Labute approximate surface area is 216 Å². The number of methoxy groups -OCH3 is 1. The minimum absolute atomic E-state index is 0.124. The molecule has 1 amide bonds. The molecule has 1 aromatic heterocycles. The van der Waals surface area contributed by atoms with Gasteiger partial charge in [0.25, 0.3) is 0 Å². The summed E-state index contributed by atoms with van der Waals surface area (Å²) in [7, 11) is -2.36. The molecule has 1 N–H and O–H groups in total. The second-order valence-corrected chi connectivity index (χ2v) is 10.9. The summed E-state index contributed by atoms with van der Waals surface area (Å²) < 4.78 is 35.1. The quantitative estimate of drug-likeness (QED) is 0.333. The number of carbonyl (C=O) groups excluding carboxylic acids is 1. The van der Waals surface area contributed by atoms with Crippen LogP contribution in [0, 0.1) is 5.92 Å². The monoisotopic (exact) mass is 516 g/mol. The lowest BCUT2D eigenvalue weighted by Gasteiger charge is -2.22. The second kappa shape index (κ2) is 10.6. The number of sulfonamides is 1. The molecule has 4 aromatic rings. The van der Waals surface area contributed by atoms with Gasteiger partial charge in [0.05, 0.1) is 24.2 Å². The number of nitrogens with zero attached hydrogens (tertiary/aromatic N) is 3. The number of carbonyl (C=O) groups is 1. The number of nitrogens with one attached hydrogen (secondary N) is 1. The first-order valence-electron chi connectivity index (χ1n) is 12.1. The van der Waals surface area contributed by atoms with Crippen LogP contribution in [0.15, 0.2) is 96.0 Å². The first-order chi connectivity index (χ1) is 17.9. The van der Waals surface area contributed by atoms with Crippen LogP contribution in [0.5, 0.6) is 5.75 Å². The Hall–Kier alpha value is -3.95. The minimum atomic E-state index is -3.88. The summed E-state index contributed by atoms with van der Waals surface area (Å²) in [4.78, 5) is 18.0. The van der Waals surface area contributed by atoms with E-state index in [2.05, 4.69) is 10.3 Å². The lowest BCUT2D eigenvalue weighted by molar-refractivity contribution is -0.116. The molecule has 0 bridgehead atoms. The van der Waals surface area contributed by atoms with Gasteiger partial charge in [-0.1, -0.05) is 48.5 Å². The fourth-order valence-corrected chi connectivity index (χ4v) is 5.53. The average Bonchev–Trinajstić information content (AvgIpc) is 3.66. The van der Waals surface area contributed by atoms with Gasteiger partial charge in [-0.2, -0.15) is 4.31 Å². The van der Waals surface area contributed by atoms with Gasteiger partial charge < -0.3 is 4.74 Å². The largest absolute Gasteiger partial charge is 0.497 e. The molecular formula is C28H28N4O4S. The van der Waals surface area contributed by atoms with Crippen LogP contribution in [0.2, 0.25) is 0 Å². The third-order valence-electron chi connectivity index (χ3n) is 6.24. The predicted octanol–water partition coefficient (Wildman–Crippen LogP) is 4.59. The number of anilines is 1. The molecule has 0 saturated heterocycles. The van der Waals surface area contributed by atoms with Crippen LogP contribution in [0.4, 0.5) is 5.95 Å². The number of benzene rings is 3. The zero-order valence-corrected chi connectivity index (χ0v) is 21.3. The number of rotatable bonds is 10. The molecule has 5 rings (SSSR count). The van der Waals surface area contributed by atoms with Gasteiger partial charge in [0.2, 0.25) is 21.9 Å². The molecule has 1 fully saturated rings. The Morgan fingerprint density at radius 3 is 2.27 bits per heavy atom. The van der Waals surface area contributed by atoms with Crippen LogP contribution in [-0.4, -0.2) is 48.4 Å². The van der Waals surface area contributed by atoms with Crippen LogP contribution >= 0.6 is 0 Å². The van der Waals surface area contributed by atoms with Crippen molar-refractivity contribution in [2.75, 3.05) is 25.5 Å². The summed E-state index contributed by atoms with van der Waals surface area (Å²) >= 11 is 0. The fourth-order valence-electron chi connectivity index (χ4n) is 4.06. The van der Waals surface area contributed by atoms with Crippen molar-refractivity contribution in [3.8, 4) is 22.7 Å². The maximum atomic E-state index is 13.4. The molecule has 190 valence electrons. The number of para-hydroxylation sites is 1. The van der Waals surface area contributed by atoms with E-state index in [1.165, 1.54) is 23.5 Å². The van der Waals surface area contributed by atoms with Crippen LogP contribution in [0.3, 0.4) is 0 Å². The number of hydrogen-bond acceptors (Lipinski definition) is 5. The van der Waals surface area contributed by atoms with E-state index in [1.54, 1.807) is 16.7 Å². The molecule has 37 heavy (non-hydrogen) atoms. The molecule has 1 saturated carbocycles. The van der Waals surface area contributed by atoms with Gasteiger partial charge in [0.15, 0.2) is 0 Å². The highest BCUT2D eigenvalue weighted by atomic mass is 32.2. The first-order valence-corrected chi connectivity index (χ1v) is 13.5. The molecule has 1 aliphatic carbocycles. The summed E-state index contributed by atoms with van der Waals surface area (Å²) in [5.41, 5.74) is 2.43. The lowest BCUT2D eigenvalue weighted by Crippen LogP contribution is -2.39. The second-order valence-electron chi connectivity index (χ2n) is 8.99. The Balaban J connectivity index is 1.41. The summed E-state index contributed by atoms with van der Waals surface area (Å²) in [5, 5.41) is 2.85. The standard InChI is InChI=1S/C28H28N4O4S/c1-36-24-14-16-25(17-15-24)37(34,35)31(18-21-12-13-21)20-27(33)30-28-29-26(22-8-4-2-5-9-22)19-32(28)23-10-6-3-7-11-23/h2-11,14-17,19,21H,12-13,18,20H2,1H3,(H,29,30,33). The predicted molar refractivity (Wildman–Crippen MR) is 142 cm³/mol. The van der Waals surface area contributed by atoms with Crippen molar-refractivity contribution in [3.05, 3.63) is 91.1 Å². The Bertz CT molecular complexity index is 1470. The van der Waals surface area contributed by atoms with Gasteiger partial charge in [0.1, 0.15) is 5.75 Å². The van der Waals surface area contributed by atoms with E-state index in [-0.39, 0.29) is 17.4 Å². The fraction of sp³-hybridized carbons (Fsp3) is 0.214. The highest BCUT2D eigenvalue weighted by Crippen LogP contribution is 2.32. The number of imidazole rings is 1. The Morgan fingerprint density at radius 1 is 1.00 bits per heavy atom. The van der Waals surface area contributed by atoms with Gasteiger partial charge in [-0.25, -0.2) is 13.4 Å². The molecule has 0 aliphatic heterocycles. The molecule has 0 spiro atoms. The third kappa shape index (κ3) is 5.73. The van der Waals surface area contributed by atoms with Gasteiger partial charge in [-0.05, 0) is 55.2 Å². The average molecular weight is 517 g/mol. The van der Waals surface area contributed by atoms with Crippen molar-refractivity contribution >= 4 is 21.9 Å². The highest BCUT2D eigenvalue weighted by Gasteiger charge is 2.33. The van der Waals surface area contributed by atoms with E-state index in [9.17, 15) is 13.2 Å². The van der Waals surface area contributed by atoms with E-state index in [0.717, 1.165) is 24.1 Å². The van der Waals surface area contributed by atoms with E-state index in [4.69, 9.17) is 4.74 Å². The number of amides is 1. The molecule has 1 heterocycles. The van der Waals surface area contributed by atoms with Crippen molar-refractivity contribution in [3.63, 3.8) is 0 Å². The zero-order chi connectivity index (χ0) is 25.8. The molecule has 1 aliphatic rings. The van der Waals surface area contributed by atoms with Crippen molar-refractivity contribution in [2.45, 2.75) is 17.7 Å². The number of hydrogen-bond donors (Lipinski definition) is 1. The molecule has 8 nitrogen and oxygen atoms in total. The SMILES string of the molecule is COc1ccc(S(=O)(=O)N(CC(=O)Nc2nc(-c3ccccc3)cn2-c2ccccc2)CC2CC2)cc1. The molecule has 0 atom stereocenters. The van der Waals surface area contributed by atoms with Gasteiger partial charge in [0, 0.05) is 24.0 Å². The van der Waals surface area contributed by atoms with Crippen molar-refractivity contribution < 1.29 is 17.9 Å². The van der Waals surface area contributed by atoms with Crippen molar-refractivity contribution in [2.24, 2.45) is 5.92 Å². The number of aromatic nitrogens is 2. The molecule has 0 radical (unpaired) electrons.